The predicted octanol–water partition coefficient (Wildman–Crippen LogP) is 2.75. The molecule has 7 heteroatoms. The second-order valence-corrected chi connectivity index (χ2v) is 9.22. The molecule has 1 aliphatic carbocycles. The molecular formula is C24H36N4O3. The molecule has 0 bridgehead atoms. The monoisotopic (exact) mass is 428 g/mol. The van der Waals surface area contributed by atoms with E-state index in [0.717, 1.165) is 51.0 Å². The Labute approximate surface area is 185 Å². The standard InChI is InChI=1S/C24H36N4O3/c1-17(2)13-18-7-8-26-23-22(18)19(15-27(23)10-4-11-30-3)16-28(20-5-6-20)24(29)21-14-25-9-12-31-21/h7-8,15,17,20-21,25H,4-6,9-14,16H2,1-3H3/t21-/m1/s1. The molecule has 0 unspecified atom stereocenters. The molecule has 1 N–H and O–H groups in total. The summed E-state index contributed by atoms with van der Waals surface area (Å²) in [6.45, 7) is 8.69. The third kappa shape index (κ3) is 5.27. The van der Waals surface area contributed by atoms with Crippen molar-refractivity contribution in [1.82, 2.24) is 19.8 Å². The highest BCUT2D eigenvalue weighted by Gasteiger charge is 2.37. The molecule has 2 aromatic rings. The highest BCUT2D eigenvalue weighted by Crippen LogP contribution is 2.33. The van der Waals surface area contributed by atoms with Crippen LogP contribution in [0.15, 0.2) is 18.5 Å². The van der Waals surface area contributed by atoms with Gasteiger partial charge < -0.3 is 24.3 Å². The van der Waals surface area contributed by atoms with Crippen LogP contribution in [0.25, 0.3) is 11.0 Å². The highest BCUT2D eigenvalue weighted by molar-refractivity contribution is 5.86. The maximum Gasteiger partial charge on any atom is 0.253 e. The van der Waals surface area contributed by atoms with Crippen LogP contribution in [-0.4, -0.2) is 65.9 Å². The van der Waals surface area contributed by atoms with Gasteiger partial charge in [-0.05, 0) is 48.8 Å². The summed E-state index contributed by atoms with van der Waals surface area (Å²) in [5, 5.41) is 4.51. The lowest BCUT2D eigenvalue weighted by molar-refractivity contribution is -0.146. The van der Waals surface area contributed by atoms with Crippen LogP contribution < -0.4 is 5.32 Å². The quantitative estimate of drug-likeness (QED) is 0.590. The summed E-state index contributed by atoms with van der Waals surface area (Å²) in [4.78, 5) is 20.1. The van der Waals surface area contributed by atoms with Crippen molar-refractivity contribution in [2.24, 2.45) is 5.92 Å². The molecule has 170 valence electrons. The SMILES string of the molecule is COCCCn1cc(CN(C(=O)[C@H]2CNCCO2)C2CC2)c2c(CC(C)C)ccnc21. The first kappa shape index (κ1) is 22.2. The van der Waals surface area contributed by atoms with Gasteiger partial charge in [0.15, 0.2) is 0 Å². The zero-order valence-corrected chi connectivity index (χ0v) is 19.1. The average molecular weight is 429 g/mol. The van der Waals surface area contributed by atoms with Crippen LogP contribution in [0.2, 0.25) is 0 Å². The summed E-state index contributed by atoms with van der Waals surface area (Å²) < 4.78 is 13.3. The zero-order chi connectivity index (χ0) is 21.8. The van der Waals surface area contributed by atoms with E-state index in [1.165, 1.54) is 16.5 Å². The number of morpholine rings is 1. The molecule has 1 saturated carbocycles. The number of pyridine rings is 1. The summed E-state index contributed by atoms with van der Waals surface area (Å²) >= 11 is 0. The van der Waals surface area contributed by atoms with Crippen molar-refractivity contribution < 1.29 is 14.3 Å². The van der Waals surface area contributed by atoms with Gasteiger partial charge in [0.1, 0.15) is 11.8 Å². The van der Waals surface area contributed by atoms with Crippen molar-refractivity contribution in [2.75, 3.05) is 33.4 Å². The Morgan fingerprint density at radius 2 is 2.23 bits per heavy atom. The lowest BCUT2D eigenvalue weighted by Crippen LogP contribution is -2.49. The summed E-state index contributed by atoms with van der Waals surface area (Å²) in [7, 11) is 1.74. The van der Waals surface area contributed by atoms with Crippen molar-refractivity contribution >= 4 is 16.9 Å². The Kier molecular flexibility index (Phi) is 7.25. The molecule has 2 fully saturated rings. The van der Waals surface area contributed by atoms with Crippen LogP contribution in [0.4, 0.5) is 0 Å². The van der Waals surface area contributed by atoms with Crippen molar-refractivity contribution in [2.45, 2.75) is 64.8 Å². The molecule has 1 amide bonds. The number of ether oxygens (including phenoxy) is 2. The number of methoxy groups -OCH3 is 1. The number of nitrogens with one attached hydrogen (secondary N) is 1. The fourth-order valence-corrected chi connectivity index (χ4v) is 4.52. The summed E-state index contributed by atoms with van der Waals surface area (Å²) in [5.74, 6) is 0.669. The van der Waals surface area contributed by atoms with E-state index >= 15 is 0 Å². The number of carbonyl (C=O) groups excluding carboxylic acids is 1. The second-order valence-electron chi connectivity index (χ2n) is 9.22. The summed E-state index contributed by atoms with van der Waals surface area (Å²) in [6.07, 6.45) is 7.84. The molecule has 7 nitrogen and oxygen atoms in total. The van der Waals surface area contributed by atoms with E-state index in [9.17, 15) is 4.79 Å². The minimum atomic E-state index is -0.377. The van der Waals surface area contributed by atoms with Gasteiger partial charge in [-0.1, -0.05) is 13.8 Å². The van der Waals surface area contributed by atoms with Gasteiger partial charge in [-0.15, -0.1) is 0 Å². The molecule has 31 heavy (non-hydrogen) atoms. The Bertz CT molecular complexity index is 884. The van der Waals surface area contributed by atoms with Crippen molar-refractivity contribution in [3.8, 4) is 0 Å². The molecular weight excluding hydrogens is 392 g/mol. The minimum absolute atomic E-state index is 0.115. The molecule has 4 rings (SSSR count). The molecule has 1 atom stereocenters. The molecule has 2 aromatic heterocycles. The van der Waals surface area contributed by atoms with E-state index in [0.29, 0.717) is 31.7 Å². The smallest absolute Gasteiger partial charge is 0.253 e. The Balaban J connectivity index is 1.66. The second kappa shape index (κ2) is 10.1. The van der Waals surface area contributed by atoms with Gasteiger partial charge in [0.25, 0.3) is 5.91 Å². The molecule has 1 aliphatic heterocycles. The summed E-state index contributed by atoms with van der Waals surface area (Å²) in [5.41, 5.74) is 3.53. The van der Waals surface area contributed by atoms with E-state index in [-0.39, 0.29) is 12.0 Å². The normalized spacial score (nSPS) is 19.3. The van der Waals surface area contributed by atoms with Crippen molar-refractivity contribution in [3.05, 3.63) is 29.6 Å². The van der Waals surface area contributed by atoms with E-state index in [4.69, 9.17) is 14.5 Å². The molecule has 0 spiro atoms. The largest absolute Gasteiger partial charge is 0.385 e. The number of hydrogen-bond acceptors (Lipinski definition) is 5. The predicted molar refractivity (Wildman–Crippen MR) is 121 cm³/mol. The fourth-order valence-electron chi connectivity index (χ4n) is 4.52. The Morgan fingerprint density at radius 3 is 2.90 bits per heavy atom. The van der Waals surface area contributed by atoms with Crippen LogP contribution in [-0.2, 0) is 33.8 Å². The van der Waals surface area contributed by atoms with Crippen LogP contribution in [0.3, 0.4) is 0 Å². The van der Waals surface area contributed by atoms with Gasteiger partial charge in [0.05, 0.1) is 6.61 Å². The third-order valence-corrected chi connectivity index (χ3v) is 6.11. The lowest BCUT2D eigenvalue weighted by Gasteiger charge is -2.30. The van der Waals surface area contributed by atoms with E-state index < -0.39 is 0 Å². The van der Waals surface area contributed by atoms with Gasteiger partial charge in [0, 0.05) is 63.7 Å². The summed E-state index contributed by atoms with van der Waals surface area (Å²) in [6, 6.07) is 2.47. The highest BCUT2D eigenvalue weighted by atomic mass is 16.5. The van der Waals surface area contributed by atoms with Gasteiger partial charge >= 0.3 is 0 Å². The van der Waals surface area contributed by atoms with Gasteiger partial charge in [-0.25, -0.2) is 4.98 Å². The molecule has 2 aliphatic rings. The maximum absolute atomic E-state index is 13.3. The van der Waals surface area contributed by atoms with Crippen molar-refractivity contribution in [1.29, 1.82) is 0 Å². The first-order valence-corrected chi connectivity index (χ1v) is 11.7. The van der Waals surface area contributed by atoms with Crippen molar-refractivity contribution in [3.63, 3.8) is 0 Å². The average Bonchev–Trinajstić information content (AvgIpc) is 3.55. The molecule has 1 saturated heterocycles. The molecule has 0 aromatic carbocycles. The number of fused-ring (bicyclic) bond motifs is 1. The van der Waals surface area contributed by atoms with Crippen LogP contribution in [0, 0.1) is 5.92 Å². The topological polar surface area (TPSA) is 68.6 Å². The lowest BCUT2D eigenvalue weighted by atomic mass is 9.99. The zero-order valence-electron chi connectivity index (χ0n) is 19.1. The van der Waals surface area contributed by atoms with E-state index in [1.54, 1.807) is 7.11 Å². The van der Waals surface area contributed by atoms with Crippen LogP contribution in [0.5, 0.6) is 0 Å². The van der Waals surface area contributed by atoms with E-state index in [2.05, 4.69) is 40.9 Å². The first-order valence-electron chi connectivity index (χ1n) is 11.7. The van der Waals surface area contributed by atoms with E-state index in [1.807, 2.05) is 6.20 Å². The fraction of sp³-hybridized carbons (Fsp3) is 0.667. The first-order chi connectivity index (χ1) is 15.1. The number of aromatic nitrogens is 2. The van der Waals surface area contributed by atoms with Gasteiger partial charge in [-0.2, -0.15) is 0 Å². The number of amides is 1. The molecule has 3 heterocycles. The molecule has 0 radical (unpaired) electrons. The van der Waals surface area contributed by atoms with Crippen LogP contribution in [0.1, 0.15) is 44.2 Å². The number of nitrogens with zero attached hydrogens (tertiary/aromatic N) is 3. The number of aryl methyl sites for hydroxylation is 1. The maximum atomic E-state index is 13.3. The third-order valence-electron chi connectivity index (χ3n) is 6.11. The van der Waals surface area contributed by atoms with Gasteiger partial charge in [-0.3, -0.25) is 4.79 Å². The number of carbonyl (C=O) groups is 1. The van der Waals surface area contributed by atoms with Crippen LogP contribution >= 0.6 is 0 Å². The Morgan fingerprint density at radius 1 is 1.39 bits per heavy atom. The number of rotatable bonds is 10. The minimum Gasteiger partial charge on any atom is -0.385 e. The van der Waals surface area contributed by atoms with Gasteiger partial charge in [0.2, 0.25) is 0 Å². The number of hydrogen-bond donors (Lipinski definition) is 1. The Hall–Kier alpha value is -1.96.